The summed E-state index contributed by atoms with van der Waals surface area (Å²) in [5.74, 6) is 0. The zero-order valence-corrected chi connectivity index (χ0v) is 9.40. The lowest BCUT2D eigenvalue weighted by Crippen LogP contribution is -2.44. The van der Waals surface area contributed by atoms with Gasteiger partial charge >= 0.3 is 0 Å². The molecule has 0 saturated heterocycles. The summed E-state index contributed by atoms with van der Waals surface area (Å²) >= 11 is 0. The van der Waals surface area contributed by atoms with Gasteiger partial charge < -0.3 is 16.0 Å². The molecular weight excluding hydrogens is 200 g/mol. The Hall–Kier alpha value is -1.73. The maximum atomic E-state index is 8.91. The van der Waals surface area contributed by atoms with Gasteiger partial charge in [-0.15, -0.1) is 0 Å². The van der Waals surface area contributed by atoms with E-state index < -0.39 is 0 Å². The van der Waals surface area contributed by atoms with Crippen molar-refractivity contribution in [2.24, 2.45) is 5.73 Å². The smallest absolute Gasteiger partial charge is 0.0992 e. The van der Waals surface area contributed by atoms with E-state index in [9.17, 15) is 0 Å². The molecule has 0 aromatic heterocycles. The predicted octanol–water partition coefficient (Wildman–Crippen LogP) is 1.14. The highest BCUT2D eigenvalue weighted by Gasteiger charge is 2.20. The lowest BCUT2D eigenvalue weighted by molar-refractivity contribution is 0.641. The molecule has 84 valence electrons. The summed E-state index contributed by atoms with van der Waals surface area (Å²) in [4.78, 5) is 2.26. The molecule has 16 heavy (non-hydrogen) atoms. The van der Waals surface area contributed by atoms with Gasteiger partial charge in [0, 0.05) is 25.7 Å². The second kappa shape index (κ2) is 4.42. The molecule has 1 aliphatic rings. The van der Waals surface area contributed by atoms with Gasteiger partial charge in [-0.05, 0) is 25.1 Å². The standard InChI is InChI=1S/C12H16N4/c1-9(7-13)16-5-4-15-11-3-2-10(8-14)6-12(11)16/h2-3,6,9,15H,4-5,7,13H2,1H3. The molecule has 1 unspecified atom stereocenters. The lowest BCUT2D eigenvalue weighted by atomic mass is 10.1. The summed E-state index contributed by atoms with van der Waals surface area (Å²) in [6, 6.07) is 8.19. The van der Waals surface area contributed by atoms with Crippen LogP contribution in [-0.4, -0.2) is 25.7 Å². The Kier molecular flexibility index (Phi) is 2.97. The molecule has 1 aromatic carbocycles. The lowest BCUT2D eigenvalue weighted by Gasteiger charge is -2.36. The van der Waals surface area contributed by atoms with Crippen LogP contribution in [0.3, 0.4) is 0 Å². The van der Waals surface area contributed by atoms with Gasteiger partial charge in [0.2, 0.25) is 0 Å². The average molecular weight is 216 g/mol. The third kappa shape index (κ3) is 1.82. The monoisotopic (exact) mass is 216 g/mol. The maximum Gasteiger partial charge on any atom is 0.0992 e. The average Bonchev–Trinajstić information content (AvgIpc) is 2.36. The molecule has 0 bridgehead atoms. The van der Waals surface area contributed by atoms with E-state index in [0.717, 1.165) is 24.5 Å². The third-order valence-corrected chi connectivity index (χ3v) is 2.98. The highest BCUT2D eigenvalue weighted by atomic mass is 15.2. The molecule has 4 nitrogen and oxygen atoms in total. The largest absolute Gasteiger partial charge is 0.382 e. The minimum Gasteiger partial charge on any atom is -0.382 e. The highest BCUT2D eigenvalue weighted by molar-refractivity contribution is 5.74. The number of rotatable bonds is 2. The molecule has 0 saturated carbocycles. The van der Waals surface area contributed by atoms with Crippen molar-refractivity contribution < 1.29 is 0 Å². The molecule has 1 aliphatic heterocycles. The predicted molar refractivity (Wildman–Crippen MR) is 65.5 cm³/mol. The van der Waals surface area contributed by atoms with Gasteiger partial charge in [-0.25, -0.2) is 0 Å². The topological polar surface area (TPSA) is 65.1 Å². The number of nitrogens with two attached hydrogens (primary N) is 1. The summed E-state index contributed by atoms with van der Waals surface area (Å²) in [6.45, 7) is 4.58. The number of fused-ring (bicyclic) bond motifs is 1. The number of hydrogen-bond donors (Lipinski definition) is 2. The van der Waals surface area contributed by atoms with Crippen LogP contribution in [-0.2, 0) is 0 Å². The first-order valence-corrected chi connectivity index (χ1v) is 5.51. The van der Waals surface area contributed by atoms with Crippen molar-refractivity contribution in [3.63, 3.8) is 0 Å². The molecule has 1 heterocycles. The quantitative estimate of drug-likeness (QED) is 0.778. The van der Waals surface area contributed by atoms with Crippen molar-refractivity contribution in [1.82, 2.24) is 0 Å². The molecule has 3 N–H and O–H groups in total. The first kappa shape index (κ1) is 10.8. The minimum absolute atomic E-state index is 0.301. The first-order chi connectivity index (χ1) is 7.76. The SMILES string of the molecule is CC(CN)N1CCNc2ccc(C#N)cc21. The number of hydrogen-bond acceptors (Lipinski definition) is 4. The number of benzene rings is 1. The minimum atomic E-state index is 0.301. The fourth-order valence-corrected chi connectivity index (χ4v) is 2.00. The molecule has 0 spiro atoms. The van der Waals surface area contributed by atoms with Crippen LogP contribution in [0.2, 0.25) is 0 Å². The van der Waals surface area contributed by atoms with Crippen LogP contribution in [0.1, 0.15) is 12.5 Å². The van der Waals surface area contributed by atoms with E-state index in [2.05, 4.69) is 23.2 Å². The van der Waals surface area contributed by atoms with Crippen molar-refractivity contribution in [2.75, 3.05) is 29.9 Å². The van der Waals surface area contributed by atoms with Gasteiger partial charge in [-0.1, -0.05) is 0 Å². The molecular formula is C12H16N4. The summed E-state index contributed by atoms with van der Waals surface area (Å²) < 4.78 is 0. The van der Waals surface area contributed by atoms with E-state index in [4.69, 9.17) is 11.0 Å². The Morgan fingerprint density at radius 1 is 1.62 bits per heavy atom. The molecule has 0 aliphatic carbocycles. The van der Waals surface area contributed by atoms with E-state index in [0.29, 0.717) is 18.2 Å². The normalized spacial score (nSPS) is 15.9. The molecule has 1 atom stereocenters. The van der Waals surface area contributed by atoms with Crippen LogP contribution < -0.4 is 16.0 Å². The van der Waals surface area contributed by atoms with Crippen LogP contribution >= 0.6 is 0 Å². The van der Waals surface area contributed by atoms with E-state index in [1.54, 1.807) is 0 Å². The molecule has 0 radical (unpaired) electrons. The van der Waals surface area contributed by atoms with Crippen molar-refractivity contribution in [2.45, 2.75) is 13.0 Å². The van der Waals surface area contributed by atoms with Crippen molar-refractivity contribution >= 4 is 11.4 Å². The Bertz CT molecular complexity index is 422. The van der Waals surface area contributed by atoms with E-state index in [1.165, 1.54) is 0 Å². The van der Waals surface area contributed by atoms with Gasteiger partial charge in [0.15, 0.2) is 0 Å². The van der Waals surface area contributed by atoms with Crippen molar-refractivity contribution in [3.8, 4) is 6.07 Å². The fourth-order valence-electron chi connectivity index (χ4n) is 2.00. The summed E-state index contributed by atoms with van der Waals surface area (Å²) in [7, 11) is 0. The Labute approximate surface area is 95.7 Å². The van der Waals surface area contributed by atoms with Gasteiger partial charge in [-0.2, -0.15) is 5.26 Å². The summed E-state index contributed by atoms with van der Waals surface area (Å²) in [6.07, 6.45) is 0. The number of nitrogens with zero attached hydrogens (tertiary/aromatic N) is 2. The molecule has 0 amide bonds. The molecule has 1 aromatic rings. The van der Waals surface area contributed by atoms with E-state index in [-0.39, 0.29) is 0 Å². The highest BCUT2D eigenvalue weighted by Crippen LogP contribution is 2.31. The van der Waals surface area contributed by atoms with Crippen LogP contribution in [0.4, 0.5) is 11.4 Å². The number of nitrogens with one attached hydrogen (secondary N) is 1. The fraction of sp³-hybridized carbons (Fsp3) is 0.417. The van der Waals surface area contributed by atoms with Crippen molar-refractivity contribution in [1.29, 1.82) is 5.26 Å². The van der Waals surface area contributed by atoms with Crippen LogP contribution in [0, 0.1) is 11.3 Å². The van der Waals surface area contributed by atoms with Gasteiger partial charge in [0.05, 0.1) is 23.0 Å². The third-order valence-electron chi connectivity index (χ3n) is 2.98. The maximum absolute atomic E-state index is 8.91. The van der Waals surface area contributed by atoms with Crippen LogP contribution in [0.25, 0.3) is 0 Å². The second-order valence-corrected chi connectivity index (χ2v) is 4.05. The van der Waals surface area contributed by atoms with Crippen LogP contribution in [0.15, 0.2) is 18.2 Å². The summed E-state index contributed by atoms with van der Waals surface area (Å²) in [5.41, 5.74) is 8.57. The van der Waals surface area contributed by atoms with Crippen LogP contribution in [0.5, 0.6) is 0 Å². The number of anilines is 2. The second-order valence-electron chi connectivity index (χ2n) is 4.05. The molecule has 4 heteroatoms. The van der Waals surface area contributed by atoms with Crippen molar-refractivity contribution in [3.05, 3.63) is 23.8 Å². The van der Waals surface area contributed by atoms with Gasteiger partial charge in [0.25, 0.3) is 0 Å². The zero-order chi connectivity index (χ0) is 11.5. The Morgan fingerprint density at radius 2 is 2.44 bits per heavy atom. The van der Waals surface area contributed by atoms with E-state index in [1.807, 2.05) is 18.2 Å². The van der Waals surface area contributed by atoms with Gasteiger partial charge in [0.1, 0.15) is 0 Å². The zero-order valence-electron chi connectivity index (χ0n) is 9.40. The Morgan fingerprint density at radius 3 is 3.12 bits per heavy atom. The number of nitriles is 1. The summed E-state index contributed by atoms with van der Waals surface area (Å²) in [5, 5.41) is 12.2. The first-order valence-electron chi connectivity index (χ1n) is 5.51. The molecule has 2 rings (SSSR count). The molecule has 0 fully saturated rings. The van der Waals surface area contributed by atoms with Gasteiger partial charge in [-0.3, -0.25) is 0 Å². The Balaban J connectivity index is 2.40. The van der Waals surface area contributed by atoms with E-state index >= 15 is 0 Å².